The zero-order chi connectivity index (χ0) is 16.9. The number of carbonyl (C=O) groups excluding carboxylic acids is 3. The number of carbonyl (C=O) groups is 3. The summed E-state index contributed by atoms with van der Waals surface area (Å²) in [6.07, 6.45) is -5.78. The zero-order valence-corrected chi connectivity index (χ0v) is 11.9. The molecule has 0 saturated heterocycles. The number of aryl methyl sites for hydroxylation is 1. The van der Waals surface area contributed by atoms with Crippen molar-refractivity contribution in [1.29, 1.82) is 0 Å². The molecule has 0 fully saturated rings. The molecule has 1 rings (SSSR count). The lowest BCUT2D eigenvalue weighted by molar-refractivity contribution is -0.175. The van der Waals surface area contributed by atoms with Gasteiger partial charge in [-0.05, 0) is 6.92 Å². The predicted octanol–water partition coefficient (Wildman–Crippen LogP) is 1.79. The van der Waals surface area contributed by atoms with Crippen LogP contribution in [0.25, 0.3) is 0 Å². The number of ether oxygens (including phenoxy) is 1. The predicted molar refractivity (Wildman–Crippen MR) is 70.1 cm³/mol. The quantitative estimate of drug-likeness (QED) is 0.664. The molecule has 1 aromatic rings. The van der Waals surface area contributed by atoms with E-state index in [0.717, 1.165) is 12.7 Å². The SMILES string of the molecule is COC(=O)[C@H](CC(=O)c1ccc(C)cc1)NC(=O)C(F)(F)F. The Kier molecular flexibility index (Phi) is 5.67. The van der Waals surface area contributed by atoms with Gasteiger partial charge in [0.1, 0.15) is 6.04 Å². The molecule has 1 amide bonds. The molecule has 1 atom stereocenters. The molecule has 1 aromatic carbocycles. The Morgan fingerprint density at radius 3 is 2.18 bits per heavy atom. The Labute approximate surface area is 124 Å². The van der Waals surface area contributed by atoms with Crippen LogP contribution in [-0.2, 0) is 14.3 Å². The molecule has 0 radical (unpaired) electrons. The first-order chi connectivity index (χ1) is 10.1. The number of methoxy groups -OCH3 is 1. The van der Waals surface area contributed by atoms with Crippen molar-refractivity contribution in [3.63, 3.8) is 0 Å². The van der Waals surface area contributed by atoms with E-state index in [9.17, 15) is 27.6 Å². The lowest BCUT2D eigenvalue weighted by Gasteiger charge is -2.16. The summed E-state index contributed by atoms with van der Waals surface area (Å²) in [6, 6.07) is 4.56. The number of hydrogen-bond acceptors (Lipinski definition) is 4. The zero-order valence-electron chi connectivity index (χ0n) is 11.9. The summed E-state index contributed by atoms with van der Waals surface area (Å²) in [6.45, 7) is 1.80. The molecule has 0 unspecified atom stereocenters. The minimum atomic E-state index is -5.15. The van der Waals surface area contributed by atoms with Crippen LogP contribution in [0.5, 0.6) is 0 Å². The van der Waals surface area contributed by atoms with Gasteiger partial charge in [-0.15, -0.1) is 0 Å². The van der Waals surface area contributed by atoms with Crippen LogP contribution < -0.4 is 5.32 Å². The fourth-order valence-corrected chi connectivity index (χ4v) is 1.62. The Morgan fingerprint density at radius 2 is 1.73 bits per heavy atom. The number of rotatable bonds is 5. The lowest BCUT2D eigenvalue weighted by atomic mass is 10.0. The number of nitrogens with one attached hydrogen (secondary N) is 1. The van der Waals surface area contributed by atoms with Crippen LogP contribution in [0.15, 0.2) is 24.3 Å². The summed E-state index contributed by atoms with van der Waals surface area (Å²) in [5.41, 5.74) is 1.12. The molecule has 0 saturated carbocycles. The van der Waals surface area contributed by atoms with Gasteiger partial charge in [0.25, 0.3) is 0 Å². The van der Waals surface area contributed by atoms with E-state index in [1.54, 1.807) is 19.1 Å². The van der Waals surface area contributed by atoms with E-state index in [2.05, 4.69) is 4.74 Å². The second-order valence-corrected chi connectivity index (χ2v) is 4.54. The molecule has 8 heteroatoms. The van der Waals surface area contributed by atoms with Crippen molar-refractivity contribution < 1.29 is 32.3 Å². The monoisotopic (exact) mass is 317 g/mol. The molecule has 22 heavy (non-hydrogen) atoms. The highest BCUT2D eigenvalue weighted by Crippen LogP contribution is 2.16. The van der Waals surface area contributed by atoms with Crippen LogP contribution in [0.3, 0.4) is 0 Å². The minimum Gasteiger partial charge on any atom is -0.467 e. The summed E-state index contributed by atoms with van der Waals surface area (Å²) in [7, 11) is 0.950. The van der Waals surface area contributed by atoms with Crippen LogP contribution in [0.2, 0.25) is 0 Å². The lowest BCUT2D eigenvalue weighted by Crippen LogP contribution is -2.48. The van der Waals surface area contributed by atoms with Crippen LogP contribution in [0.1, 0.15) is 22.3 Å². The van der Waals surface area contributed by atoms with Crippen molar-refractivity contribution >= 4 is 17.7 Å². The highest BCUT2D eigenvalue weighted by Gasteiger charge is 2.41. The van der Waals surface area contributed by atoms with Crippen LogP contribution in [0, 0.1) is 6.92 Å². The first-order valence-corrected chi connectivity index (χ1v) is 6.20. The van der Waals surface area contributed by atoms with Crippen molar-refractivity contribution in [3.8, 4) is 0 Å². The Bertz CT molecular complexity index is 566. The van der Waals surface area contributed by atoms with Gasteiger partial charge in [-0.1, -0.05) is 29.8 Å². The summed E-state index contributed by atoms with van der Waals surface area (Å²) < 4.78 is 41.0. The Hall–Kier alpha value is -2.38. The highest BCUT2D eigenvalue weighted by atomic mass is 19.4. The van der Waals surface area contributed by atoms with Gasteiger partial charge in [-0.25, -0.2) is 4.79 Å². The average molecular weight is 317 g/mol. The highest BCUT2D eigenvalue weighted by molar-refractivity contribution is 6.00. The number of hydrogen-bond donors (Lipinski definition) is 1. The van der Waals surface area contributed by atoms with Gasteiger partial charge >= 0.3 is 18.1 Å². The largest absolute Gasteiger partial charge is 0.471 e. The molecule has 0 aliphatic rings. The van der Waals surface area contributed by atoms with E-state index in [4.69, 9.17) is 0 Å². The van der Waals surface area contributed by atoms with Gasteiger partial charge in [0.15, 0.2) is 5.78 Å². The van der Waals surface area contributed by atoms with Gasteiger partial charge in [-0.3, -0.25) is 9.59 Å². The van der Waals surface area contributed by atoms with E-state index in [1.807, 2.05) is 0 Å². The summed E-state index contributed by atoms with van der Waals surface area (Å²) in [5.74, 6) is -4.02. The molecule has 0 spiro atoms. The number of amides is 1. The molecular weight excluding hydrogens is 303 g/mol. The summed E-state index contributed by atoms with van der Waals surface area (Å²) in [5, 5.41) is 1.46. The standard InChI is InChI=1S/C14H14F3NO4/c1-8-3-5-9(6-4-8)11(19)7-10(12(20)22-2)18-13(21)14(15,16)17/h3-6,10H,7H2,1-2H3,(H,18,21)/t10-/m0/s1. The third kappa shape index (κ3) is 4.87. The third-order valence-electron chi connectivity index (χ3n) is 2.81. The van der Waals surface area contributed by atoms with E-state index in [0.29, 0.717) is 0 Å². The van der Waals surface area contributed by atoms with Gasteiger partial charge in [0.05, 0.1) is 7.11 Å². The van der Waals surface area contributed by atoms with Crippen LogP contribution in [0.4, 0.5) is 13.2 Å². The summed E-state index contributed by atoms with van der Waals surface area (Å²) >= 11 is 0. The van der Waals surface area contributed by atoms with Crippen LogP contribution >= 0.6 is 0 Å². The molecule has 120 valence electrons. The fraction of sp³-hybridized carbons (Fsp3) is 0.357. The number of ketones is 1. The third-order valence-corrected chi connectivity index (χ3v) is 2.81. The fourth-order valence-electron chi connectivity index (χ4n) is 1.62. The second-order valence-electron chi connectivity index (χ2n) is 4.54. The van der Waals surface area contributed by atoms with E-state index in [1.165, 1.54) is 17.4 Å². The molecule has 0 aromatic heterocycles. The maximum absolute atomic E-state index is 12.2. The number of alkyl halides is 3. The maximum Gasteiger partial charge on any atom is 0.471 e. The molecule has 1 N–H and O–H groups in total. The topological polar surface area (TPSA) is 72.5 Å². The molecule has 0 bridgehead atoms. The van der Waals surface area contributed by atoms with Crippen molar-refractivity contribution in [2.24, 2.45) is 0 Å². The van der Waals surface area contributed by atoms with Gasteiger partial charge in [-0.2, -0.15) is 13.2 Å². The molecule has 0 aliphatic heterocycles. The molecular formula is C14H14F3NO4. The first-order valence-electron chi connectivity index (χ1n) is 6.20. The minimum absolute atomic E-state index is 0.223. The van der Waals surface area contributed by atoms with Gasteiger partial charge in [0, 0.05) is 12.0 Å². The molecule has 5 nitrogen and oxygen atoms in total. The summed E-state index contributed by atoms with van der Waals surface area (Å²) in [4.78, 5) is 34.3. The normalized spacial score (nSPS) is 12.4. The number of benzene rings is 1. The van der Waals surface area contributed by atoms with Crippen molar-refractivity contribution in [1.82, 2.24) is 5.32 Å². The second kappa shape index (κ2) is 7.06. The molecule has 0 aliphatic carbocycles. The Morgan fingerprint density at radius 1 is 1.18 bits per heavy atom. The van der Waals surface area contributed by atoms with Crippen molar-refractivity contribution in [2.75, 3.05) is 7.11 Å². The smallest absolute Gasteiger partial charge is 0.467 e. The van der Waals surface area contributed by atoms with E-state index < -0.39 is 36.3 Å². The van der Waals surface area contributed by atoms with Gasteiger partial charge < -0.3 is 10.1 Å². The molecule has 0 heterocycles. The average Bonchev–Trinajstić information content (AvgIpc) is 2.45. The van der Waals surface area contributed by atoms with Crippen molar-refractivity contribution in [2.45, 2.75) is 25.6 Å². The first kappa shape index (κ1) is 17.7. The number of esters is 1. The number of halogens is 3. The van der Waals surface area contributed by atoms with E-state index >= 15 is 0 Å². The van der Waals surface area contributed by atoms with E-state index in [-0.39, 0.29) is 5.56 Å². The maximum atomic E-state index is 12.2. The Balaban J connectivity index is 2.85. The van der Waals surface area contributed by atoms with Crippen LogP contribution in [-0.4, -0.2) is 37.0 Å². The van der Waals surface area contributed by atoms with Gasteiger partial charge in [0.2, 0.25) is 0 Å². The van der Waals surface area contributed by atoms with Crippen molar-refractivity contribution in [3.05, 3.63) is 35.4 Å². The number of Topliss-reactive ketones (excluding diaryl/α,β-unsaturated/α-hetero) is 1.